The molecule has 0 aromatic heterocycles. The third-order valence-corrected chi connectivity index (χ3v) is 97.3. The van der Waals surface area contributed by atoms with Crippen LogP contribution in [0.15, 0.2) is 0 Å². The number of nitrogens with one attached hydrogen (secondary N) is 1. The summed E-state index contributed by atoms with van der Waals surface area (Å²) in [6, 6.07) is 0.850. The van der Waals surface area contributed by atoms with Crippen molar-refractivity contribution in [2.24, 2.45) is 0 Å². The van der Waals surface area contributed by atoms with Crippen molar-refractivity contribution in [2.75, 3.05) is 0 Å². The van der Waals surface area contributed by atoms with Gasteiger partial charge in [-0.25, -0.2) is 0 Å². The van der Waals surface area contributed by atoms with Gasteiger partial charge in [0.1, 0.15) is 0 Å². The summed E-state index contributed by atoms with van der Waals surface area (Å²) in [7, 11) is 3.00. The molecule has 0 spiro atoms. The van der Waals surface area contributed by atoms with Crippen LogP contribution in [0.1, 0.15) is 13.8 Å². The number of rotatable bonds is 2. The quantitative estimate of drug-likeness (QED) is 0.457. The summed E-state index contributed by atoms with van der Waals surface area (Å²) in [5, 5.41) is 0. The molecule has 9 heavy (non-hydrogen) atoms. The average Bonchev–Trinajstić information content (AvgIpc) is 2.15. The van der Waals surface area contributed by atoms with E-state index in [4.69, 9.17) is 0 Å². The molecule has 1 aliphatic heterocycles. The molecule has 54 valence electrons. The molecule has 0 unspecified atom stereocenters. The van der Waals surface area contributed by atoms with Crippen LogP contribution in [0.25, 0.3) is 0 Å². The lowest BCUT2D eigenvalue weighted by atomic mass is 10.4. The maximum atomic E-state index is 3.87. The first-order valence-electron chi connectivity index (χ1n) is 4.05. The predicted octanol–water partition coefficient (Wildman–Crippen LogP) is -3.86. The molecular weight excluding hydrogens is 190 g/mol. The van der Waals surface area contributed by atoms with Gasteiger partial charge in [-0.15, -0.1) is 0 Å². The summed E-state index contributed by atoms with van der Waals surface area (Å²) in [5.74, 6) is 0. The van der Waals surface area contributed by atoms with E-state index < -0.39 is 0 Å². The lowest BCUT2D eigenvalue weighted by Gasteiger charge is -2.12. The van der Waals surface area contributed by atoms with Gasteiger partial charge in [0.2, 0.25) is 0 Å². The molecule has 0 atom stereocenters. The zero-order valence-electron chi connectivity index (χ0n) is 6.48. The van der Waals surface area contributed by atoms with Gasteiger partial charge in [0, 0.05) is 17.1 Å². The Hall–Kier alpha value is 1.04. The van der Waals surface area contributed by atoms with Crippen LogP contribution in [-0.4, -0.2) is 48.3 Å². The Kier molecular flexibility index (Phi) is 3.65. The summed E-state index contributed by atoms with van der Waals surface area (Å²) in [5.41, 5.74) is 0. The molecule has 1 saturated heterocycles. The van der Waals surface area contributed by atoms with Crippen LogP contribution in [0.5, 0.6) is 0 Å². The summed E-state index contributed by atoms with van der Waals surface area (Å²) < 4.78 is 0. The fourth-order valence-corrected chi connectivity index (χ4v) is 201. The first-order chi connectivity index (χ1) is 4.29. The van der Waals surface area contributed by atoms with Crippen molar-refractivity contribution >= 4 is 42.2 Å². The van der Waals surface area contributed by atoms with E-state index in [1.807, 2.05) is 0 Å². The smallest absolute Gasteiger partial charge is 0.0707 e. The monoisotopic (exact) mass is 207 g/mol. The van der Waals surface area contributed by atoms with Crippen LogP contribution >= 0.6 is 0 Å². The van der Waals surface area contributed by atoms with Crippen molar-refractivity contribution < 1.29 is 0 Å². The van der Waals surface area contributed by atoms with E-state index in [1.165, 1.54) is 0 Å². The fourth-order valence-electron chi connectivity index (χ4n) is 1.56. The molecule has 0 bridgehead atoms. The van der Waals surface area contributed by atoms with E-state index in [0.717, 1.165) is 23.2 Å². The normalized spacial score (nSPS) is 38.3. The van der Waals surface area contributed by atoms with E-state index in [9.17, 15) is 0 Å². The third-order valence-electron chi connectivity index (χ3n) is 1.92. The highest BCUT2D eigenvalue weighted by Crippen LogP contribution is 1.83. The minimum atomic E-state index is 0.0123. The molecular formula is C3H17NSi5. The van der Waals surface area contributed by atoms with E-state index in [1.54, 1.807) is 0 Å². The summed E-state index contributed by atoms with van der Waals surface area (Å²) in [6.07, 6.45) is 0. The molecule has 0 radical (unpaired) electrons. The van der Waals surface area contributed by atoms with Crippen molar-refractivity contribution in [1.82, 2.24) is 4.98 Å². The van der Waals surface area contributed by atoms with Gasteiger partial charge in [0.05, 0.1) is 7.99 Å². The maximum Gasteiger partial charge on any atom is 0.0707 e. The second-order valence-corrected chi connectivity index (χ2v) is 47.8. The van der Waals surface area contributed by atoms with Gasteiger partial charge in [-0.2, -0.15) is 0 Å². The topological polar surface area (TPSA) is 12.0 Å². The largest absolute Gasteiger partial charge is 0.343 e. The summed E-state index contributed by atoms with van der Waals surface area (Å²) in [6.45, 7) is 4.66. The van der Waals surface area contributed by atoms with Crippen molar-refractivity contribution in [2.45, 2.75) is 19.9 Å². The highest BCUT2D eigenvalue weighted by molar-refractivity contribution is 7.80. The van der Waals surface area contributed by atoms with Crippen LogP contribution in [0, 0.1) is 0 Å². The van der Waals surface area contributed by atoms with Crippen LogP contribution in [-0.2, 0) is 0 Å². The van der Waals surface area contributed by atoms with Gasteiger partial charge in [-0.05, 0) is 23.2 Å². The van der Waals surface area contributed by atoms with E-state index in [0.29, 0.717) is 17.1 Å². The zero-order valence-corrected chi connectivity index (χ0v) is 13.3. The first-order valence-corrected chi connectivity index (χ1v) is 23.2. The molecule has 1 rings (SSSR count). The minimum absolute atomic E-state index is 0.0123. The molecule has 0 aliphatic carbocycles. The molecule has 0 saturated carbocycles. The molecule has 1 aliphatic rings. The highest BCUT2D eigenvalue weighted by Gasteiger charge is 2.18. The van der Waals surface area contributed by atoms with Gasteiger partial charge in [-0.1, -0.05) is 13.8 Å². The Morgan fingerprint density at radius 2 is 1.78 bits per heavy atom. The van der Waals surface area contributed by atoms with Gasteiger partial charge in [0.25, 0.3) is 0 Å². The second-order valence-electron chi connectivity index (χ2n) is 3.30. The Bertz CT molecular complexity index is 80.3. The molecule has 0 amide bonds. The van der Waals surface area contributed by atoms with Crippen molar-refractivity contribution in [3.05, 3.63) is 0 Å². The van der Waals surface area contributed by atoms with Crippen LogP contribution in [0.2, 0.25) is 0 Å². The Labute approximate surface area is 67.3 Å². The zero-order chi connectivity index (χ0) is 6.69. The number of hydrogen-bond acceptors (Lipinski definition) is 1. The Morgan fingerprint density at radius 3 is 2.22 bits per heavy atom. The third kappa shape index (κ3) is 3.09. The van der Waals surface area contributed by atoms with E-state index in [2.05, 4.69) is 18.8 Å². The molecule has 1 fully saturated rings. The minimum Gasteiger partial charge on any atom is -0.343 e. The van der Waals surface area contributed by atoms with Gasteiger partial charge >= 0.3 is 0 Å². The lowest BCUT2D eigenvalue weighted by Crippen LogP contribution is -2.46. The maximum absolute atomic E-state index is 3.87. The lowest BCUT2D eigenvalue weighted by molar-refractivity contribution is 0.755. The fraction of sp³-hybridized carbons (Fsp3) is 1.00. The second kappa shape index (κ2) is 4.03. The molecule has 1 nitrogen and oxygen atoms in total. The standard InChI is InChI=1S/C3H17NSi5/c1-3(2)4-9-7-5-6-8-9/h3-4,9H,5-8H2,1-2H3. The molecule has 1 heterocycles. The van der Waals surface area contributed by atoms with Gasteiger partial charge < -0.3 is 4.98 Å². The highest BCUT2D eigenvalue weighted by atomic mass is 30.1. The van der Waals surface area contributed by atoms with Gasteiger partial charge in [0.15, 0.2) is 0 Å². The van der Waals surface area contributed by atoms with E-state index in [-0.39, 0.29) is 7.99 Å². The first kappa shape index (κ1) is 8.14. The van der Waals surface area contributed by atoms with Crippen molar-refractivity contribution in [3.8, 4) is 0 Å². The van der Waals surface area contributed by atoms with E-state index >= 15 is 0 Å². The summed E-state index contributed by atoms with van der Waals surface area (Å²) in [4.78, 5) is 3.87. The predicted molar refractivity (Wildman–Crippen MR) is 59.6 cm³/mol. The van der Waals surface area contributed by atoms with Crippen LogP contribution < -0.4 is 4.98 Å². The SMILES string of the molecule is CC(C)N[SiH]1[SiH2][SiH2][SiH2][SiH2]1. The molecule has 0 aromatic carbocycles. The number of hydrogen-bond donors (Lipinski definition) is 1. The molecule has 0 aromatic rings. The van der Waals surface area contributed by atoms with Gasteiger partial charge in [-0.3, -0.25) is 0 Å². The Balaban J connectivity index is 2.11. The molecule has 1 N–H and O–H groups in total. The van der Waals surface area contributed by atoms with Crippen LogP contribution in [0.4, 0.5) is 0 Å². The van der Waals surface area contributed by atoms with Crippen LogP contribution in [0.3, 0.4) is 0 Å². The molecule has 6 heteroatoms. The summed E-state index contributed by atoms with van der Waals surface area (Å²) >= 11 is 0. The Morgan fingerprint density at radius 1 is 1.22 bits per heavy atom. The average molecular weight is 208 g/mol. The van der Waals surface area contributed by atoms with Crippen molar-refractivity contribution in [1.29, 1.82) is 0 Å². The van der Waals surface area contributed by atoms with Crippen molar-refractivity contribution in [3.63, 3.8) is 0 Å².